The average molecular weight is 308 g/mol. The highest BCUT2D eigenvalue weighted by molar-refractivity contribution is 7.13. The van der Waals surface area contributed by atoms with Crippen LogP contribution in [0.5, 0.6) is 0 Å². The average Bonchev–Trinajstić information content (AvgIpc) is 3.21. The first-order chi connectivity index (χ1) is 10.7. The van der Waals surface area contributed by atoms with Gasteiger partial charge in [0.25, 0.3) is 0 Å². The van der Waals surface area contributed by atoms with Crippen LogP contribution in [0.15, 0.2) is 48.1 Å². The molecule has 1 aromatic carbocycles. The van der Waals surface area contributed by atoms with Crippen molar-refractivity contribution in [2.75, 3.05) is 0 Å². The molecule has 0 fully saturated rings. The number of nitrogens with zero attached hydrogens (tertiary/aromatic N) is 4. The molecule has 3 aromatic heterocycles. The van der Waals surface area contributed by atoms with E-state index in [9.17, 15) is 0 Å². The summed E-state index contributed by atoms with van der Waals surface area (Å²) in [6.07, 6.45) is 3.87. The molecule has 4 aromatic rings. The van der Waals surface area contributed by atoms with Crippen molar-refractivity contribution in [1.29, 1.82) is 0 Å². The molecule has 0 radical (unpaired) electrons. The zero-order valence-electron chi connectivity index (χ0n) is 12.5. The largest absolute Gasteiger partial charge is 0.324 e. The van der Waals surface area contributed by atoms with Crippen LogP contribution in [-0.4, -0.2) is 19.3 Å². The SMILES string of the molecule is Cc1ccc2c(c1)c(Cn1ccnc1-c1cccs1)nn2C. The van der Waals surface area contributed by atoms with E-state index in [1.54, 1.807) is 11.3 Å². The van der Waals surface area contributed by atoms with Crippen LogP contribution in [0, 0.1) is 6.92 Å². The van der Waals surface area contributed by atoms with Gasteiger partial charge in [-0.25, -0.2) is 4.98 Å². The van der Waals surface area contributed by atoms with Crippen molar-refractivity contribution in [1.82, 2.24) is 19.3 Å². The van der Waals surface area contributed by atoms with Crippen molar-refractivity contribution < 1.29 is 0 Å². The minimum Gasteiger partial charge on any atom is -0.324 e. The van der Waals surface area contributed by atoms with E-state index in [0.29, 0.717) is 0 Å². The predicted octanol–water partition coefficient (Wildman–Crippen LogP) is 3.86. The second-order valence-corrected chi connectivity index (χ2v) is 6.39. The van der Waals surface area contributed by atoms with E-state index < -0.39 is 0 Å². The second-order valence-electron chi connectivity index (χ2n) is 5.45. The van der Waals surface area contributed by atoms with Gasteiger partial charge in [-0.1, -0.05) is 17.7 Å². The lowest BCUT2D eigenvalue weighted by atomic mass is 10.1. The number of hydrogen-bond donors (Lipinski definition) is 0. The van der Waals surface area contributed by atoms with Crippen molar-refractivity contribution >= 4 is 22.2 Å². The Labute approximate surface area is 132 Å². The van der Waals surface area contributed by atoms with Gasteiger partial charge in [0, 0.05) is 24.8 Å². The van der Waals surface area contributed by atoms with Crippen LogP contribution in [-0.2, 0) is 13.6 Å². The maximum absolute atomic E-state index is 4.70. The summed E-state index contributed by atoms with van der Waals surface area (Å²) in [5.41, 5.74) is 3.50. The zero-order chi connectivity index (χ0) is 15.1. The fourth-order valence-corrected chi connectivity index (χ4v) is 3.53. The molecule has 0 N–H and O–H groups in total. The highest BCUT2D eigenvalue weighted by atomic mass is 32.1. The van der Waals surface area contributed by atoms with Crippen molar-refractivity contribution in [3.8, 4) is 10.7 Å². The molecular formula is C17H16N4S. The van der Waals surface area contributed by atoms with Gasteiger partial charge in [0.05, 0.1) is 22.6 Å². The number of hydrogen-bond acceptors (Lipinski definition) is 3. The summed E-state index contributed by atoms with van der Waals surface area (Å²) in [6.45, 7) is 2.85. The number of benzene rings is 1. The second kappa shape index (κ2) is 5.10. The van der Waals surface area contributed by atoms with E-state index >= 15 is 0 Å². The quantitative estimate of drug-likeness (QED) is 0.576. The summed E-state index contributed by atoms with van der Waals surface area (Å²) in [5.74, 6) is 1.00. The smallest absolute Gasteiger partial charge is 0.150 e. The topological polar surface area (TPSA) is 35.6 Å². The molecule has 0 bridgehead atoms. The molecule has 0 aliphatic heterocycles. The number of aromatic nitrogens is 4. The molecule has 0 atom stereocenters. The molecule has 0 aliphatic carbocycles. The van der Waals surface area contributed by atoms with Crippen LogP contribution >= 0.6 is 11.3 Å². The Balaban J connectivity index is 1.79. The van der Waals surface area contributed by atoms with Crippen molar-refractivity contribution in [3.05, 3.63) is 59.4 Å². The van der Waals surface area contributed by atoms with Crippen LogP contribution in [0.3, 0.4) is 0 Å². The molecule has 0 aliphatic rings. The lowest BCUT2D eigenvalue weighted by Crippen LogP contribution is -2.02. The van der Waals surface area contributed by atoms with Crippen LogP contribution < -0.4 is 0 Å². The molecule has 110 valence electrons. The van der Waals surface area contributed by atoms with Gasteiger partial charge in [-0.05, 0) is 30.5 Å². The Bertz CT molecular complexity index is 931. The van der Waals surface area contributed by atoms with Crippen LogP contribution in [0.4, 0.5) is 0 Å². The first-order valence-corrected chi connectivity index (χ1v) is 8.07. The third-order valence-electron chi connectivity index (χ3n) is 3.86. The monoisotopic (exact) mass is 308 g/mol. The van der Waals surface area contributed by atoms with E-state index in [0.717, 1.165) is 18.1 Å². The van der Waals surface area contributed by atoms with E-state index in [2.05, 4.69) is 52.2 Å². The minimum absolute atomic E-state index is 0.730. The Morgan fingerprint density at radius 2 is 2.14 bits per heavy atom. The summed E-state index contributed by atoms with van der Waals surface area (Å²) in [7, 11) is 2.00. The highest BCUT2D eigenvalue weighted by Crippen LogP contribution is 2.25. The maximum Gasteiger partial charge on any atom is 0.150 e. The zero-order valence-corrected chi connectivity index (χ0v) is 13.3. The summed E-state index contributed by atoms with van der Waals surface area (Å²) < 4.78 is 4.11. The van der Waals surface area contributed by atoms with E-state index in [-0.39, 0.29) is 0 Å². The molecule has 3 heterocycles. The molecule has 0 amide bonds. The lowest BCUT2D eigenvalue weighted by molar-refractivity contribution is 0.723. The number of fused-ring (bicyclic) bond motifs is 1. The lowest BCUT2D eigenvalue weighted by Gasteiger charge is -2.05. The summed E-state index contributed by atoms with van der Waals surface area (Å²) in [5, 5.41) is 7.99. The molecule has 4 nitrogen and oxygen atoms in total. The number of rotatable bonds is 3. The van der Waals surface area contributed by atoms with Gasteiger partial charge in [-0.3, -0.25) is 4.68 Å². The van der Waals surface area contributed by atoms with Gasteiger partial charge in [0.15, 0.2) is 0 Å². The van der Waals surface area contributed by atoms with Gasteiger partial charge in [-0.15, -0.1) is 11.3 Å². The van der Waals surface area contributed by atoms with Gasteiger partial charge in [-0.2, -0.15) is 5.10 Å². The molecule has 22 heavy (non-hydrogen) atoms. The fourth-order valence-electron chi connectivity index (χ4n) is 2.80. The molecule has 0 saturated heterocycles. The highest BCUT2D eigenvalue weighted by Gasteiger charge is 2.12. The van der Waals surface area contributed by atoms with Crippen molar-refractivity contribution in [2.24, 2.45) is 7.05 Å². The first kappa shape index (κ1) is 13.3. The van der Waals surface area contributed by atoms with E-state index in [1.165, 1.54) is 21.3 Å². The maximum atomic E-state index is 4.70. The van der Waals surface area contributed by atoms with Crippen LogP contribution in [0.2, 0.25) is 0 Å². The van der Waals surface area contributed by atoms with Gasteiger partial charge >= 0.3 is 0 Å². The van der Waals surface area contributed by atoms with E-state index in [4.69, 9.17) is 5.10 Å². The Morgan fingerprint density at radius 1 is 1.23 bits per heavy atom. The fraction of sp³-hybridized carbons (Fsp3) is 0.176. The third-order valence-corrected chi connectivity index (χ3v) is 4.73. The standard InChI is InChI=1S/C17H16N4S/c1-12-5-6-15-13(10-12)14(19-20(15)2)11-21-8-7-18-17(21)16-4-3-9-22-16/h3-10H,11H2,1-2H3. The Kier molecular flexibility index (Phi) is 3.08. The van der Waals surface area contributed by atoms with Crippen LogP contribution in [0.1, 0.15) is 11.3 Å². The molecule has 4 rings (SSSR count). The molecule has 0 spiro atoms. The van der Waals surface area contributed by atoms with Gasteiger partial charge in [0.2, 0.25) is 0 Å². The molecular weight excluding hydrogens is 292 g/mol. The number of aryl methyl sites for hydroxylation is 2. The Hall–Kier alpha value is -2.40. The van der Waals surface area contributed by atoms with Gasteiger partial charge in [0.1, 0.15) is 5.82 Å². The summed E-state index contributed by atoms with van der Waals surface area (Å²) >= 11 is 1.71. The summed E-state index contributed by atoms with van der Waals surface area (Å²) in [4.78, 5) is 5.68. The first-order valence-electron chi connectivity index (χ1n) is 7.19. The van der Waals surface area contributed by atoms with Crippen molar-refractivity contribution in [3.63, 3.8) is 0 Å². The molecule has 0 unspecified atom stereocenters. The third kappa shape index (κ3) is 2.14. The molecule has 5 heteroatoms. The van der Waals surface area contributed by atoms with E-state index in [1.807, 2.05) is 24.1 Å². The van der Waals surface area contributed by atoms with Crippen LogP contribution in [0.25, 0.3) is 21.6 Å². The van der Waals surface area contributed by atoms with Gasteiger partial charge < -0.3 is 4.57 Å². The normalized spacial score (nSPS) is 11.4. The molecule has 0 saturated carbocycles. The predicted molar refractivity (Wildman–Crippen MR) is 90.1 cm³/mol. The number of imidazole rings is 1. The van der Waals surface area contributed by atoms with Crippen molar-refractivity contribution in [2.45, 2.75) is 13.5 Å². The Morgan fingerprint density at radius 3 is 2.95 bits per heavy atom. The summed E-state index contributed by atoms with van der Waals surface area (Å²) in [6, 6.07) is 10.6. The number of thiophene rings is 1. The minimum atomic E-state index is 0.730.